The first-order chi connectivity index (χ1) is 9.99. The van der Waals surface area contributed by atoms with Crippen molar-refractivity contribution >= 4 is 11.9 Å². The summed E-state index contributed by atoms with van der Waals surface area (Å²) in [5.41, 5.74) is 0.431. The number of likely N-dealkylation sites (tertiary alicyclic amines) is 1. The first-order valence-electron chi connectivity index (χ1n) is 7.49. The van der Waals surface area contributed by atoms with Gasteiger partial charge in [0.15, 0.2) is 0 Å². The third kappa shape index (κ3) is 3.80. The lowest BCUT2D eigenvalue weighted by atomic mass is 10.0. The lowest BCUT2D eigenvalue weighted by Gasteiger charge is -2.25. The van der Waals surface area contributed by atoms with Gasteiger partial charge in [-0.05, 0) is 43.7 Å². The highest BCUT2D eigenvalue weighted by atomic mass is 16.4. The van der Waals surface area contributed by atoms with Gasteiger partial charge in [0, 0.05) is 18.8 Å². The molecule has 0 saturated carbocycles. The average Bonchev–Trinajstić information content (AvgIpc) is 2.92. The number of aromatic carboxylic acids is 1. The van der Waals surface area contributed by atoms with Crippen molar-refractivity contribution in [2.24, 2.45) is 5.92 Å². The number of nitrogens with zero attached hydrogens (tertiary/aromatic N) is 2. The number of aromatic nitrogens is 1. The molecule has 5 heteroatoms. The molecule has 1 aliphatic rings. The van der Waals surface area contributed by atoms with Crippen molar-refractivity contribution in [1.82, 2.24) is 9.88 Å². The van der Waals surface area contributed by atoms with E-state index in [2.05, 4.69) is 18.8 Å². The maximum Gasteiger partial charge on any atom is 0.354 e. The number of carboxylic acid groups (broad SMARTS) is 1. The molecule has 1 aromatic rings. The Morgan fingerprint density at radius 1 is 1.43 bits per heavy atom. The predicted molar refractivity (Wildman–Crippen MR) is 79.3 cm³/mol. The molecule has 1 fully saturated rings. The normalized spacial score (nSPS) is 18.2. The Balaban J connectivity index is 2.05. The molecule has 1 aromatic heterocycles. The summed E-state index contributed by atoms with van der Waals surface area (Å²) in [5, 5.41) is 8.83. The summed E-state index contributed by atoms with van der Waals surface area (Å²) in [6.07, 6.45) is 5.60. The Morgan fingerprint density at radius 3 is 2.76 bits per heavy atom. The van der Waals surface area contributed by atoms with E-state index in [4.69, 9.17) is 5.11 Å². The molecular weight excluding hydrogens is 268 g/mol. The van der Waals surface area contributed by atoms with Crippen molar-refractivity contribution in [2.45, 2.75) is 45.6 Å². The fraction of sp³-hybridized carbons (Fsp3) is 0.562. The molecule has 0 spiro atoms. The van der Waals surface area contributed by atoms with Crippen LogP contribution in [0, 0.1) is 5.92 Å². The van der Waals surface area contributed by atoms with Gasteiger partial charge in [0.1, 0.15) is 5.69 Å². The number of rotatable bonds is 5. The van der Waals surface area contributed by atoms with E-state index in [0.29, 0.717) is 17.5 Å². The van der Waals surface area contributed by atoms with Gasteiger partial charge >= 0.3 is 5.97 Å². The van der Waals surface area contributed by atoms with Gasteiger partial charge in [-0.25, -0.2) is 9.78 Å². The van der Waals surface area contributed by atoms with Gasteiger partial charge in [0.05, 0.1) is 5.56 Å². The summed E-state index contributed by atoms with van der Waals surface area (Å²) in [6.45, 7) is 5.16. The van der Waals surface area contributed by atoms with Crippen LogP contribution in [0.15, 0.2) is 18.3 Å². The molecule has 1 aliphatic heterocycles. The van der Waals surface area contributed by atoms with Crippen LogP contribution >= 0.6 is 0 Å². The van der Waals surface area contributed by atoms with Gasteiger partial charge in [0.25, 0.3) is 5.91 Å². The zero-order valence-corrected chi connectivity index (χ0v) is 12.6. The summed E-state index contributed by atoms with van der Waals surface area (Å²) in [5.74, 6) is -0.477. The summed E-state index contributed by atoms with van der Waals surface area (Å²) < 4.78 is 0. The third-order valence-electron chi connectivity index (χ3n) is 3.94. The smallest absolute Gasteiger partial charge is 0.354 e. The Labute approximate surface area is 125 Å². The summed E-state index contributed by atoms with van der Waals surface area (Å²) in [4.78, 5) is 29.0. The van der Waals surface area contributed by atoms with Gasteiger partial charge in [0.2, 0.25) is 0 Å². The molecular formula is C16H22N2O3. The molecule has 0 radical (unpaired) electrons. The van der Waals surface area contributed by atoms with Crippen LogP contribution in [0.3, 0.4) is 0 Å². The minimum absolute atomic E-state index is 0.0364. The average molecular weight is 290 g/mol. The van der Waals surface area contributed by atoms with Crippen molar-refractivity contribution < 1.29 is 14.7 Å². The highest BCUT2D eigenvalue weighted by molar-refractivity contribution is 5.95. The Kier molecular flexibility index (Phi) is 4.94. The van der Waals surface area contributed by atoms with Crippen molar-refractivity contribution in [3.05, 3.63) is 29.6 Å². The fourth-order valence-corrected chi connectivity index (χ4v) is 2.74. The highest BCUT2D eigenvalue weighted by Gasteiger charge is 2.29. The number of carbonyl (C=O) groups is 2. The van der Waals surface area contributed by atoms with Crippen molar-refractivity contribution in [3.63, 3.8) is 0 Å². The summed E-state index contributed by atoms with van der Waals surface area (Å²) in [7, 11) is 0. The number of amides is 1. The molecule has 1 unspecified atom stereocenters. The largest absolute Gasteiger partial charge is 0.477 e. The van der Waals surface area contributed by atoms with Gasteiger partial charge in [-0.3, -0.25) is 4.79 Å². The van der Waals surface area contributed by atoms with Crippen LogP contribution in [-0.2, 0) is 0 Å². The molecule has 2 heterocycles. The Hall–Kier alpha value is -1.91. The van der Waals surface area contributed by atoms with E-state index < -0.39 is 5.97 Å². The molecule has 0 bridgehead atoms. The molecule has 21 heavy (non-hydrogen) atoms. The lowest BCUT2D eigenvalue weighted by molar-refractivity contribution is 0.0684. The fourth-order valence-electron chi connectivity index (χ4n) is 2.74. The van der Waals surface area contributed by atoms with Gasteiger partial charge in [-0.15, -0.1) is 0 Å². The second kappa shape index (κ2) is 6.70. The van der Waals surface area contributed by atoms with Crippen LogP contribution in [0.1, 0.15) is 60.4 Å². The van der Waals surface area contributed by atoms with Crippen LogP contribution in [0.2, 0.25) is 0 Å². The van der Waals surface area contributed by atoms with E-state index in [1.807, 2.05) is 4.90 Å². The quantitative estimate of drug-likeness (QED) is 0.905. The van der Waals surface area contributed by atoms with Crippen LogP contribution in [0.4, 0.5) is 0 Å². The van der Waals surface area contributed by atoms with E-state index in [1.54, 1.807) is 6.07 Å². The number of hydrogen-bond acceptors (Lipinski definition) is 3. The predicted octanol–water partition coefficient (Wildman–Crippen LogP) is 2.82. The molecule has 0 aliphatic carbocycles. The summed E-state index contributed by atoms with van der Waals surface area (Å²) in [6, 6.07) is 3.24. The maximum atomic E-state index is 12.5. The zero-order valence-electron chi connectivity index (χ0n) is 12.6. The van der Waals surface area contributed by atoms with Crippen LogP contribution in [-0.4, -0.2) is 39.5 Å². The van der Waals surface area contributed by atoms with E-state index in [0.717, 1.165) is 32.2 Å². The van der Waals surface area contributed by atoms with Crippen molar-refractivity contribution in [1.29, 1.82) is 0 Å². The highest BCUT2D eigenvalue weighted by Crippen LogP contribution is 2.24. The SMILES string of the molecule is CC(C)CCC1CCCN1C(=O)c1ccc(C(=O)O)nc1. The number of hydrogen-bond donors (Lipinski definition) is 1. The molecule has 1 amide bonds. The molecule has 1 N–H and O–H groups in total. The number of pyridine rings is 1. The summed E-state index contributed by atoms with van der Waals surface area (Å²) >= 11 is 0. The zero-order chi connectivity index (χ0) is 15.4. The van der Waals surface area contributed by atoms with E-state index in [1.165, 1.54) is 12.3 Å². The molecule has 2 rings (SSSR count). The molecule has 1 saturated heterocycles. The van der Waals surface area contributed by atoms with E-state index in [9.17, 15) is 9.59 Å². The molecule has 114 valence electrons. The molecule has 5 nitrogen and oxygen atoms in total. The molecule has 0 aromatic carbocycles. The maximum absolute atomic E-state index is 12.5. The minimum atomic E-state index is -1.08. The first kappa shape index (κ1) is 15.5. The van der Waals surface area contributed by atoms with Crippen LogP contribution < -0.4 is 0 Å². The monoisotopic (exact) mass is 290 g/mol. The molecule has 1 atom stereocenters. The second-order valence-electron chi connectivity index (χ2n) is 6.00. The van der Waals surface area contributed by atoms with E-state index >= 15 is 0 Å². The minimum Gasteiger partial charge on any atom is -0.477 e. The van der Waals surface area contributed by atoms with Gasteiger partial charge in [-0.2, -0.15) is 0 Å². The second-order valence-corrected chi connectivity index (χ2v) is 6.00. The van der Waals surface area contributed by atoms with Gasteiger partial charge in [-0.1, -0.05) is 13.8 Å². The third-order valence-corrected chi connectivity index (χ3v) is 3.94. The van der Waals surface area contributed by atoms with E-state index in [-0.39, 0.29) is 11.6 Å². The Bertz CT molecular complexity index is 511. The van der Waals surface area contributed by atoms with Crippen molar-refractivity contribution in [2.75, 3.05) is 6.54 Å². The topological polar surface area (TPSA) is 70.5 Å². The van der Waals surface area contributed by atoms with Gasteiger partial charge < -0.3 is 10.0 Å². The lowest BCUT2D eigenvalue weighted by Crippen LogP contribution is -2.35. The van der Waals surface area contributed by atoms with Crippen molar-refractivity contribution in [3.8, 4) is 0 Å². The standard InChI is InChI=1S/C16H22N2O3/c1-11(2)5-7-13-4-3-9-18(13)15(19)12-6-8-14(16(20)21)17-10-12/h6,8,10-11,13H,3-5,7,9H2,1-2H3,(H,20,21). The van der Waals surface area contributed by atoms with Crippen LogP contribution in [0.5, 0.6) is 0 Å². The first-order valence-corrected chi connectivity index (χ1v) is 7.49. The number of carboxylic acids is 1. The Morgan fingerprint density at radius 2 is 2.19 bits per heavy atom. The number of carbonyl (C=O) groups excluding carboxylic acids is 1. The van der Waals surface area contributed by atoms with Crippen LogP contribution in [0.25, 0.3) is 0 Å².